The molecule has 1 saturated heterocycles. The van der Waals surface area contributed by atoms with Crippen LogP contribution in [0.15, 0.2) is 11.1 Å². The second-order valence-electron chi connectivity index (χ2n) is 4.33. The monoisotopic (exact) mass is 229 g/mol. The van der Waals surface area contributed by atoms with E-state index in [2.05, 4.69) is 27.4 Å². The summed E-state index contributed by atoms with van der Waals surface area (Å²) in [5.74, 6) is 0. The first-order valence-corrected chi connectivity index (χ1v) is 5.55. The van der Waals surface area contributed by atoms with Crippen molar-refractivity contribution in [2.45, 2.75) is 25.7 Å². The van der Waals surface area contributed by atoms with E-state index in [0.29, 0.717) is 0 Å². The number of likely N-dealkylation sites (tertiary alicyclic amines) is 1. The fourth-order valence-corrected chi connectivity index (χ4v) is 2.63. The van der Waals surface area contributed by atoms with Gasteiger partial charge in [0.1, 0.15) is 0 Å². The highest BCUT2D eigenvalue weighted by Crippen LogP contribution is 2.52. The third kappa shape index (κ3) is 1.91. The SMILES string of the molecule is C=C(Br)CN1CCCC2(CC2)C1. The van der Waals surface area contributed by atoms with E-state index in [9.17, 15) is 0 Å². The van der Waals surface area contributed by atoms with Crippen molar-refractivity contribution in [3.8, 4) is 0 Å². The van der Waals surface area contributed by atoms with Gasteiger partial charge in [0.2, 0.25) is 0 Å². The smallest absolute Gasteiger partial charge is 0.0294 e. The predicted molar refractivity (Wildman–Crippen MR) is 55.4 cm³/mol. The van der Waals surface area contributed by atoms with Gasteiger partial charge in [0.25, 0.3) is 0 Å². The maximum atomic E-state index is 3.89. The van der Waals surface area contributed by atoms with E-state index in [4.69, 9.17) is 0 Å². The molecule has 0 N–H and O–H groups in total. The molecular weight excluding hydrogens is 214 g/mol. The van der Waals surface area contributed by atoms with Crippen molar-refractivity contribution < 1.29 is 0 Å². The van der Waals surface area contributed by atoms with E-state index in [1.54, 1.807) is 0 Å². The Hall–Kier alpha value is 0.180. The van der Waals surface area contributed by atoms with Gasteiger partial charge >= 0.3 is 0 Å². The lowest BCUT2D eigenvalue weighted by atomic mass is 9.95. The van der Waals surface area contributed by atoms with Crippen LogP contribution in [0.3, 0.4) is 0 Å². The second-order valence-corrected chi connectivity index (χ2v) is 5.45. The summed E-state index contributed by atoms with van der Waals surface area (Å²) in [5, 5.41) is 0. The molecule has 1 nitrogen and oxygen atoms in total. The minimum atomic E-state index is 0.751. The number of piperidine rings is 1. The summed E-state index contributed by atoms with van der Waals surface area (Å²) in [6, 6.07) is 0. The Morgan fingerprint density at radius 3 is 2.75 bits per heavy atom. The van der Waals surface area contributed by atoms with E-state index in [1.807, 2.05) is 0 Å². The van der Waals surface area contributed by atoms with Crippen molar-refractivity contribution in [1.29, 1.82) is 0 Å². The van der Waals surface area contributed by atoms with Crippen LogP contribution in [0.2, 0.25) is 0 Å². The van der Waals surface area contributed by atoms with Gasteiger partial charge in [0.05, 0.1) is 0 Å². The van der Waals surface area contributed by atoms with Crippen LogP contribution < -0.4 is 0 Å². The largest absolute Gasteiger partial charge is 0.298 e. The van der Waals surface area contributed by atoms with Gasteiger partial charge in [0.15, 0.2) is 0 Å². The topological polar surface area (TPSA) is 3.24 Å². The molecule has 0 aromatic rings. The Labute approximate surface area is 82.9 Å². The lowest BCUT2D eigenvalue weighted by Gasteiger charge is -2.32. The van der Waals surface area contributed by atoms with Crippen LogP contribution in [0.4, 0.5) is 0 Å². The highest BCUT2D eigenvalue weighted by atomic mass is 79.9. The highest BCUT2D eigenvalue weighted by molar-refractivity contribution is 9.11. The molecule has 0 bridgehead atoms. The third-order valence-corrected chi connectivity index (χ3v) is 3.34. The minimum absolute atomic E-state index is 0.751. The normalized spacial score (nSPS) is 27.4. The molecule has 1 spiro atoms. The van der Waals surface area contributed by atoms with Gasteiger partial charge in [-0.15, -0.1) is 0 Å². The van der Waals surface area contributed by atoms with Gasteiger partial charge in [-0.3, -0.25) is 4.90 Å². The zero-order chi connectivity index (χ0) is 8.60. The van der Waals surface area contributed by atoms with E-state index in [1.165, 1.54) is 38.8 Å². The second kappa shape index (κ2) is 3.15. The van der Waals surface area contributed by atoms with E-state index in [-0.39, 0.29) is 0 Å². The molecule has 1 aliphatic heterocycles. The van der Waals surface area contributed by atoms with E-state index >= 15 is 0 Å². The number of rotatable bonds is 2. The van der Waals surface area contributed by atoms with Crippen molar-refractivity contribution in [1.82, 2.24) is 4.90 Å². The van der Waals surface area contributed by atoms with Crippen molar-refractivity contribution in [2.75, 3.05) is 19.6 Å². The predicted octanol–water partition coefficient (Wildman–Crippen LogP) is 2.77. The molecule has 2 fully saturated rings. The van der Waals surface area contributed by atoms with E-state index < -0.39 is 0 Å². The average molecular weight is 230 g/mol. The molecule has 0 aromatic heterocycles. The summed E-state index contributed by atoms with van der Waals surface area (Å²) >= 11 is 3.43. The zero-order valence-corrected chi connectivity index (χ0v) is 9.07. The first-order chi connectivity index (χ1) is 5.70. The molecule has 0 unspecified atom stereocenters. The van der Waals surface area contributed by atoms with Crippen LogP contribution in [-0.4, -0.2) is 24.5 Å². The first kappa shape index (κ1) is 8.76. The van der Waals surface area contributed by atoms with Crippen molar-refractivity contribution in [2.24, 2.45) is 5.41 Å². The lowest BCUT2D eigenvalue weighted by Crippen LogP contribution is -2.36. The zero-order valence-electron chi connectivity index (χ0n) is 7.48. The molecule has 68 valence electrons. The van der Waals surface area contributed by atoms with Crippen molar-refractivity contribution >= 4 is 15.9 Å². The Bertz CT molecular complexity index is 196. The van der Waals surface area contributed by atoms with Crippen molar-refractivity contribution in [3.05, 3.63) is 11.1 Å². The molecule has 2 rings (SSSR count). The molecule has 1 aliphatic carbocycles. The molecule has 2 aliphatic rings. The standard InChI is InChI=1S/C10H16BrN/c1-9(11)7-12-6-2-3-10(8-12)4-5-10/h1-8H2. The fourth-order valence-electron chi connectivity index (χ4n) is 2.27. The molecular formula is C10H16BrN. The summed E-state index contributed by atoms with van der Waals surface area (Å²) in [4.78, 5) is 2.54. The number of hydrogen-bond donors (Lipinski definition) is 0. The van der Waals surface area contributed by atoms with Crippen LogP contribution in [0.1, 0.15) is 25.7 Å². The van der Waals surface area contributed by atoms with Gasteiger partial charge in [-0.25, -0.2) is 0 Å². The third-order valence-electron chi connectivity index (χ3n) is 3.09. The molecule has 1 saturated carbocycles. The molecule has 2 heteroatoms. The summed E-state index contributed by atoms with van der Waals surface area (Å²) in [6.45, 7) is 7.52. The summed E-state index contributed by atoms with van der Waals surface area (Å²) < 4.78 is 1.13. The maximum Gasteiger partial charge on any atom is 0.0294 e. The fraction of sp³-hybridized carbons (Fsp3) is 0.800. The number of halogens is 1. The van der Waals surface area contributed by atoms with Crippen LogP contribution >= 0.6 is 15.9 Å². The van der Waals surface area contributed by atoms with Crippen molar-refractivity contribution in [3.63, 3.8) is 0 Å². The molecule has 0 atom stereocenters. The van der Waals surface area contributed by atoms with E-state index in [0.717, 1.165) is 16.4 Å². The van der Waals surface area contributed by atoms with Gasteiger partial charge in [-0.05, 0) is 37.6 Å². The Morgan fingerprint density at radius 1 is 1.42 bits per heavy atom. The first-order valence-electron chi connectivity index (χ1n) is 4.76. The Morgan fingerprint density at radius 2 is 2.17 bits per heavy atom. The van der Waals surface area contributed by atoms with Crippen LogP contribution in [0, 0.1) is 5.41 Å². The Balaban J connectivity index is 1.86. The lowest BCUT2D eigenvalue weighted by molar-refractivity contribution is 0.176. The minimum Gasteiger partial charge on any atom is -0.298 e. The quantitative estimate of drug-likeness (QED) is 0.705. The molecule has 0 aromatic carbocycles. The van der Waals surface area contributed by atoms with Gasteiger partial charge in [-0.1, -0.05) is 22.5 Å². The molecule has 1 heterocycles. The van der Waals surface area contributed by atoms with Gasteiger partial charge in [-0.2, -0.15) is 0 Å². The average Bonchev–Trinajstić information content (AvgIpc) is 2.68. The van der Waals surface area contributed by atoms with Crippen LogP contribution in [0.5, 0.6) is 0 Å². The van der Waals surface area contributed by atoms with Crippen LogP contribution in [0.25, 0.3) is 0 Å². The summed E-state index contributed by atoms with van der Waals surface area (Å²) in [5.41, 5.74) is 0.751. The Kier molecular flexibility index (Phi) is 2.30. The molecule has 0 amide bonds. The van der Waals surface area contributed by atoms with Crippen LogP contribution in [-0.2, 0) is 0 Å². The van der Waals surface area contributed by atoms with Gasteiger partial charge < -0.3 is 0 Å². The van der Waals surface area contributed by atoms with Gasteiger partial charge in [0, 0.05) is 17.6 Å². The highest BCUT2D eigenvalue weighted by Gasteiger charge is 2.45. The molecule has 12 heavy (non-hydrogen) atoms. The maximum absolute atomic E-state index is 3.89. The number of hydrogen-bond acceptors (Lipinski definition) is 1. The summed E-state index contributed by atoms with van der Waals surface area (Å²) in [6.07, 6.45) is 5.80. The molecule has 0 radical (unpaired) electrons. The summed E-state index contributed by atoms with van der Waals surface area (Å²) in [7, 11) is 0. The number of nitrogens with zero attached hydrogens (tertiary/aromatic N) is 1.